The lowest BCUT2D eigenvalue weighted by atomic mass is 10.1. The van der Waals surface area contributed by atoms with E-state index in [4.69, 9.17) is 22.1 Å². The molecule has 0 bridgehead atoms. The predicted molar refractivity (Wildman–Crippen MR) is 118 cm³/mol. The summed E-state index contributed by atoms with van der Waals surface area (Å²) in [7, 11) is 1.62. The zero-order valence-electron chi connectivity index (χ0n) is 18.0. The molecule has 0 saturated heterocycles. The number of pyridine rings is 1. The number of nitrogens with two attached hydrogens (primary N) is 1. The molecule has 0 spiro atoms. The number of aryl methyl sites for hydroxylation is 2. The molecule has 0 amide bonds. The van der Waals surface area contributed by atoms with Crippen LogP contribution in [0.1, 0.15) is 37.1 Å². The smallest absolute Gasteiger partial charge is 0.330 e. The molecule has 0 aliphatic carbocycles. The van der Waals surface area contributed by atoms with Gasteiger partial charge in [0.25, 0.3) is 0 Å². The van der Waals surface area contributed by atoms with Crippen LogP contribution in [0.15, 0.2) is 11.0 Å². The number of hydrogen-bond acceptors (Lipinski definition) is 7. The van der Waals surface area contributed by atoms with Crippen molar-refractivity contribution in [3.8, 4) is 5.75 Å². The maximum Gasteiger partial charge on any atom is 0.330 e. The molecule has 0 fully saturated rings. The van der Waals surface area contributed by atoms with Gasteiger partial charge in [-0.25, -0.2) is 4.79 Å². The van der Waals surface area contributed by atoms with Gasteiger partial charge in [-0.3, -0.25) is 14.1 Å². The fourth-order valence-electron chi connectivity index (χ4n) is 3.54. The van der Waals surface area contributed by atoms with E-state index >= 15 is 0 Å². The first-order valence-electron chi connectivity index (χ1n) is 9.89. The van der Waals surface area contributed by atoms with Crippen molar-refractivity contribution in [2.75, 3.05) is 19.4 Å². The third-order valence-corrected chi connectivity index (χ3v) is 5.26. The first-order chi connectivity index (χ1) is 14.2. The van der Waals surface area contributed by atoms with Gasteiger partial charge in [-0.2, -0.15) is 9.97 Å². The molecule has 0 radical (unpaired) electrons. The van der Waals surface area contributed by atoms with Gasteiger partial charge >= 0.3 is 5.69 Å². The van der Waals surface area contributed by atoms with E-state index in [1.807, 2.05) is 13.8 Å². The molecule has 10 heteroatoms. The van der Waals surface area contributed by atoms with Crippen LogP contribution in [0.3, 0.4) is 0 Å². The number of nitrogens with one attached hydrogen (secondary N) is 1. The van der Waals surface area contributed by atoms with Gasteiger partial charge in [0.2, 0.25) is 5.95 Å². The first kappa shape index (κ1) is 22.0. The Morgan fingerprint density at radius 3 is 2.67 bits per heavy atom. The summed E-state index contributed by atoms with van der Waals surface area (Å²) in [6.07, 6.45) is 2.49. The summed E-state index contributed by atoms with van der Waals surface area (Å²) in [5.41, 5.74) is 9.00. The molecule has 0 aliphatic heterocycles. The maximum absolute atomic E-state index is 13.3. The topological polar surface area (TPSA) is 113 Å². The highest BCUT2D eigenvalue weighted by molar-refractivity contribution is 6.33. The average Bonchev–Trinajstić information content (AvgIpc) is 2.93. The molecule has 9 nitrogen and oxygen atoms in total. The van der Waals surface area contributed by atoms with E-state index in [0.29, 0.717) is 29.4 Å². The van der Waals surface area contributed by atoms with E-state index in [9.17, 15) is 4.79 Å². The lowest BCUT2D eigenvalue weighted by Crippen LogP contribution is -2.28. The normalized spacial score (nSPS) is 11.6. The van der Waals surface area contributed by atoms with Crippen LogP contribution in [0, 0.1) is 13.8 Å². The standard InChI is InChI=1S/C20H28ClN7O2/c1-11(2)23-7-6-8-27-15-17(21)25-19(22)26-18(15)28(20(27)29)10-14-13(4)16(30-5)12(3)9-24-14/h9,11,23H,6-8,10H2,1-5H3,(H2,22,25,26). The summed E-state index contributed by atoms with van der Waals surface area (Å²) in [6, 6.07) is 0.375. The van der Waals surface area contributed by atoms with E-state index in [1.54, 1.807) is 22.4 Å². The number of rotatable bonds is 8. The number of nitrogens with zero attached hydrogens (tertiary/aromatic N) is 5. The van der Waals surface area contributed by atoms with Crippen molar-refractivity contribution >= 4 is 28.7 Å². The maximum atomic E-state index is 13.3. The third kappa shape index (κ3) is 4.27. The summed E-state index contributed by atoms with van der Waals surface area (Å²) in [4.78, 5) is 26.2. The highest BCUT2D eigenvalue weighted by atomic mass is 35.5. The second-order valence-electron chi connectivity index (χ2n) is 7.57. The van der Waals surface area contributed by atoms with E-state index in [0.717, 1.165) is 29.8 Å². The zero-order valence-corrected chi connectivity index (χ0v) is 18.7. The molecule has 0 aliphatic rings. The van der Waals surface area contributed by atoms with Crippen LogP contribution in [0.25, 0.3) is 11.2 Å². The van der Waals surface area contributed by atoms with Gasteiger partial charge in [0.15, 0.2) is 10.8 Å². The Kier molecular flexibility index (Phi) is 6.62. The summed E-state index contributed by atoms with van der Waals surface area (Å²) < 4.78 is 8.65. The number of imidazole rings is 1. The van der Waals surface area contributed by atoms with Crippen molar-refractivity contribution in [1.82, 2.24) is 29.4 Å². The molecular formula is C20H28ClN7O2. The Labute approximate surface area is 180 Å². The molecule has 30 heavy (non-hydrogen) atoms. The van der Waals surface area contributed by atoms with Crippen LogP contribution >= 0.6 is 11.6 Å². The van der Waals surface area contributed by atoms with Crippen molar-refractivity contribution in [2.45, 2.75) is 53.2 Å². The summed E-state index contributed by atoms with van der Waals surface area (Å²) >= 11 is 6.36. The number of ether oxygens (including phenoxy) is 1. The van der Waals surface area contributed by atoms with Gasteiger partial charge < -0.3 is 15.8 Å². The number of nitrogen functional groups attached to an aromatic ring is 1. The second kappa shape index (κ2) is 9.01. The van der Waals surface area contributed by atoms with E-state index in [1.165, 1.54) is 0 Å². The molecule has 3 rings (SSSR count). The van der Waals surface area contributed by atoms with E-state index < -0.39 is 0 Å². The van der Waals surface area contributed by atoms with Gasteiger partial charge in [0.05, 0.1) is 19.3 Å². The summed E-state index contributed by atoms with van der Waals surface area (Å²) in [6.45, 7) is 9.50. The van der Waals surface area contributed by atoms with Crippen LogP contribution < -0.4 is 21.5 Å². The van der Waals surface area contributed by atoms with Gasteiger partial charge in [-0.1, -0.05) is 25.4 Å². The van der Waals surface area contributed by atoms with Gasteiger partial charge in [0.1, 0.15) is 11.3 Å². The molecule has 0 atom stereocenters. The largest absolute Gasteiger partial charge is 0.496 e. The Morgan fingerprint density at radius 1 is 1.27 bits per heavy atom. The number of fused-ring (bicyclic) bond motifs is 1. The molecule has 3 N–H and O–H groups in total. The van der Waals surface area contributed by atoms with Crippen LogP contribution in [0.2, 0.25) is 5.15 Å². The van der Waals surface area contributed by atoms with Crippen LogP contribution in [-0.4, -0.2) is 43.8 Å². The van der Waals surface area contributed by atoms with Crippen LogP contribution in [0.5, 0.6) is 5.75 Å². The summed E-state index contributed by atoms with van der Waals surface area (Å²) in [5, 5.41) is 3.51. The SMILES string of the molecule is COc1c(C)cnc(Cn2c(=O)n(CCCNC(C)C)c3c(Cl)nc(N)nc32)c1C. The second-order valence-corrected chi connectivity index (χ2v) is 7.93. The van der Waals surface area contributed by atoms with Gasteiger partial charge in [-0.05, 0) is 26.8 Å². The lowest BCUT2D eigenvalue weighted by molar-refractivity contribution is 0.406. The minimum absolute atomic E-state index is 0.0195. The van der Waals surface area contributed by atoms with E-state index in [2.05, 4.69) is 34.1 Å². The first-order valence-corrected chi connectivity index (χ1v) is 10.3. The van der Waals surface area contributed by atoms with E-state index in [-0.39, 0.29) is 23.3 Å². The van der Waals surface area contributed by atoms with Crippen molar-refractivity contribution in [3.05, 3.63) is 38.7 Å². The molecule has 0 saturated carbocycles. The van der Waals surface area contributed by atoms with Crippen LogP contribution in [0.4, 0.5) is 5.95 Å². The number of methoxy groups -OCH3 is 1. The number of aromatic nitrogens is 5. The fraction of sp³-hybridized carbons (Fsp3) is 0.500. The quantitative estimate of drug-likeness (QED) is 0.414. The number of halogens is 1. The highest BCUT2D eigenvalue weighted by Gasteiger charge is 2.21. The molecule has 162 valence electrons. The minimum Gasteiger partial charge on any atom is -0.496 e. The summed E-state index contributed by atoms with van der Waals surface area (Å²) in [5.74, 6) is 0.773. The molecule has 0 aromatic carbocycles. The monoisotopic (exact) mass is 433 g/mol. The fourth-order valence-corrected chi connectivity index (χ4v) is 3.82. The Bertz CT molecular complexity index is 1120. The van der Waals surface area contributed by atoms with Gasteiger partial charge in [0, 0.05) is 29.9 Å². The number of hydrogen-bond donors (Lipinski definition) is 2. The molecular weight excluding hydrogens is 406 g/mol. The zero-order chi connectivity index (χ0) is 22.0. The number of anilines is 1. The highest BCUT2D eigenvalue weighted by Crippen LogP contribution is 2.26. The lowest BCUT2D eigenvalue weighted by Gasteiger charge is -2.12. The van der Waals surface area contributed by atoms with Crippen molar-refractivity contribution in [3.63, 3.8) is 0 Å². The third-order valence-electron chi connectivity index (χ3n) is 5.00. The Hall–Kier alpha value is -2.65. The van der Waals surface area contributed by atoms with Gasteiger partial charge in [-0.15, -0.1) is 0 Å². The Morgan fingerprint density at radius 2 is 2.00 bits per heavy atom. The van der Waals surface area contributed by atoms with Crippen molar-refractivity contribution in [2.24, 2.45) is 0 Å². The molecule has 3 aromatic rings. The van der Waals surface area contributed by atoms with Crippen LogP contribution in [-0.2, 0) is 13.1 Å². The molecule has 3 aromatic heterocycles. The predicted octanol–water partition coefficient (Wildman–Crippen LogP) is 2.29. The Balaban J connectivity index is 2.07. The van der Waals surface area contributed by atoms with Crippen molar-refractivity contribution < 1.29 is 4.74 Å². The molecule has 0 unspecified atom stereocenters. The minimum atomic E-state index is -0.225. The van der Waals surface area contributed by atoms with Crippen molar-refractivity contribution in [1.29, 1.82) is 0 Å². The molecule has 3 heterocycles. The average molecular weight is 434 g/mol.